The monoisotopic (exact) mass is 209 g/mol. The molecule has 0 aliphatic rings. The largest absolute Gasteiger partial charge is 0.328 e. The molecule has 0 bridgehead atoms. The number of allylic oxidation sites excluding steroid dienone is 1. The van der Waals surface area contributed by atoms with Gasteiger partial charge in [0.2, 0.25) is 0 Å². The lowest BCUT2D eigenvalue weighted by atomic mass is 10.1. The van der Waals surface area contributed by atoms with Gasteiger partial charge in [-0.1, -0.05) is 12.1 Å². The van der Waals surface area contributed by atoms with E-state index in [0.29, 0.717) is 6.04 Å². The Hall–Kier alpha value is -0.600. The SMILES string of the molecule is C=CCCC(N)CCCc1cccs1. The maximum Gasteiger partial charge on any atom is 0.00452 e. The third kappa shape index (κ3) is 4.58. The van der Waals surface area contributed by atoms with Crippen LogP contribution in [0.3, 0.4) is 0 Å². The second-order valence-electron chi connectivity index (χ2n) is 3.60. The molecule has 0 radical (unpaired) electrons. The summed E-state index contributed by atoms with van der Waals surface area (Å²) in [4.78, 5) is 1.47. The van der Waals surface area contributed by atoms with E-state index >= 15 is 0 Å². The van der Waals surface area contributed by atoms with Gasteiger partial charge in [0, 0.05) is 10.9 Å². The highest BCUT2D eigenvalue weighted by atomic mass is 32.1. The third-order valence-corrected chi connectivity index (χ3v) is 3.26. The fourth-order valence-electron chi connectivity index (χ4n) is 1.47. The predicted molar refractivity (Wildman–Crippen MR) is 64.7 cm³/mol. The first kappa shape index (κ1) is 11.5. The number of hydrogen-bond donors (Lipinski definition) is 1. The van der Waals surface area contributed by atoms with Crippen molar-refractivity contribution in [2.24, 2.45) is 5.73 Å². The molecule has 1 nitrogen and oxygen atoms in total. The van der Waals surface area contributed by atoms with E-state index in [2.05, 4.69) is 24.1 Å². The summed E-state index contributed by atoms with van der Waals surface area (Å²) in [6.45, 7) is 3.70. The standard InChI is InChI=1S/C12H19NS/c1-2-3-6-11(13)7-4-8-12-9-5-10-14-12/h2,5,9-11H,1,3-4,6-8,13H2. The molecule has 0 aliphatic carbocycles. The van der Waals surface area contributed by atoms with Crippen LogP contribution in [0.2, 0.25) is 0 Å². The van der Waals surface area contributed by atoms with Crippen LogP contribution in [0.1, 0.15) is 30.6 Å². The minimum absolute atomic E-state index is 0.355. The number of aryl methyl sites for hydroxylation is 1. The van der Waals surface area contributed by atoms with Crippen molar-refractivity contribution in [3.63, 3.8) is 0 Å². The van der Waals surface area contributed by atoms with Gasteiger partial charge in [-0.05, 0) is 43.6 Å². The molecule has 0 fully saturated rings. The van der Waals surface area contributed by atoms with Gasteiger partial charge in [-0.15, -0.1) is 17.9 Å². The molecule has 1 rings (SSSR count). The molecule has 0 saturated heterocycles. The summed E-state index contributed by atoms with van der Waals surface area (Å²) in [5.41, 5.74) is 5.95. The first-order chi connectivity index (χ1) is 6.83. The Morgan fingerprint density at radius 1 is 1.50 bits per heavy atom. The van der Waals surface area contributed by atoms with Crippen molar-refractivity contribution < 1.29 is 0 Å². The van der Waals surface area contributed by atoms with E-state index in [1.807, 2.05) is 17.4 Å². The Labute approximate surface area is 90.6 Å². The van der Waals surface area contributed by atoms with Gasteiger partial charge in [0.25, 0.3) is 0 Å². The summed E-state index contributed by atoms with van der Waals surface area (Å²) >= 11 is 1.84. The van der Waals surface area contributed by atoms with Crippen molar-refractivity contribution in [1.29, 1.82) is 0 Å². The molecule has 1 aromatic rings. The van der Waals surface area contributed by atoms with E-state index in [0.717, 1.165) is 19.3 Å². The van der Waals surface area contributed by atoms with Crippen molar-refractivity contribution >= 4 is 11.3 Å². The van der Waals surface area contributed by atoms with E-state index in [1.54, 1.807) is 0 Å². The van der Waals surface area contributed by atoms with E-state index in [-0.39, 0.29) is 0 Å². The average molecular weight is 209 g/mol. The molecular weight excluding hydrogens is 190 g/mol. The zero-order valence-corrected chi connectivity index (χ0v) is 9.43. The van der Waals surface area contributed by atoms with Crippen LogP contribution in [0.15, 0.2) is 30.2 Å². The first-order valence-electron chi connectivity index (χ1n) is 5.22. The Kier molecular flexibility index (Phi) is 5.57. The lowest BCUT2D eigenvalue weighted by Crippen LogP contribution is -2.19. The Bertz CT molecular complexity index is 241. The van der Waals surface area contributed by atoms with Crippen LogP contribution >= 0.6 is 11.3 Å². The molecule has 78 valence electrons. The minimum Gasteiger partial charge on any atom is -0.328 e. The van der Waals surface area contributed by atoms with Crippen molar-refractivity contribution in [3.8, 4) is 0 Å². The number of thiophene rings is 1. The highest BCUT2D eigenvalue weighted by Gasteiger charge is 2.01. The Balaban J connectivity index is 2.06. The lowest BCUT2D eigenvalue weighted by Gasteiger charge is -2.08. The Morgan fingerprint density at radius 3 is 3.00 bits per heavy atom. The van der Waals surface area contributed by atoms with E-state index < -0.39 is 0 Å². The zero-order chi connectivity index (χ0) is 10.2. The van der Waals surface area contributed by atoms with Crippen LogP contribution in [0.5, 0.6) is 0 Å². The van der Waals surface area contributed by atoms with Crippen molar-refractivity contribution in [1.82, 2.24) is 0 Å². The molecule has 1 aromatic heterocycles. The summed E-state index contributed by atoms with van der Waals surface area (Å²) in [6.07, 6.45) is 7.58. The van der Waals surface area contributed by atoms with Crippen molar-refractivity contribution in [2.45, 2.75) is 38.1 Å². The van der Waals surface area contributed by atoms with Crippen molar-refractivity contribution in [3.05, 3.63) is 35.0 Å². The second-order valence-corrected chi connectivity index (χ2v) is 4.63. The lowest BCUT2D eigenvalue weighted by molar-refractivity contribution is 0.552. The molecule has 14 heavy (non-hydrogen) atoms. The first-order valence-corrected chi connectivity index (χ1v) is 6.09. The van der Waals surface area contributed by atoms with E-state index in [9.17, 15) is 0 Å². The number of nitrogens with two attached hydrogens (primary N) is 1. The van der Waals surface area contributed by atoms with Gasteiger partial charge in [0.1, 0.15) is 0 Å². The van der Waals surface area contributed by atoms with Crippen molar-refractivity contribution in [2.75, 3.05) is 0 Å². The van der Waals surface area contributed by atoms with Gasteiger partial charge in [0.15, 0.2) is 0 Å². The molecular formula is C12H19NS. The summed E-state index contributed by atoms with van der Waals surface area (Å²) in [5, 5.41) is 2.13. The van der Waals surface area contributed by atoms with Crippen LogP contribution in [0, 0.1) is 0 Å². The van der Waals surface area contributed by atoms with Gasteiger partial charge >= 0.3 is 0 Å². The zero-order valence-electron chi connectivity index (χ0n) is 8.61. The minimum atomic E-state index is 0.355. The summed E-state index contributed by atoms with van der Waals surface area (Å²) in [5.74, 6) is 0. The van der Waals surface area contributed by atoms with Crippen LogP contribution in [-0.2, 0) is 6.42 Å². The number of hydrogen-bond acceptors (Lipinski definition) is 2. The normalized spacial score (nSPS) is 12.6. The second kappa shape index (κ2) is 6.80. The van der Waals surface area contributed by atoms with Gasteiger partial charge in [-0.25, -0.2) is 0 Å². The molecule has 1 atom stereocenters. The van der Waals surface area contributed by atoms with E-state index in [4.69, 9.17) is 5.73 Å². The quantitative estimate of drug-likeness (QED) is 0.685. The van der Waals surface area contributed by atoms with E-state index in [1.165, 1.54) is 17.7 Å². The summed E-state index contributed by atoms with van der Waals surface area (Å²) in [7, 11) is 0. The molecule has 0 aliphatic heterocycles. The molecule has 0 aromatic carbocycles. The summed E-state index contributed by atoms with van der Waals surface area (Å²) in [6, 6.07) is 4.66. The van der Waals surface area contributed by atoms with Gasteiger partial charge < -0.3 is 5.73 Å². The summed E-state index contributed by atoms with van der Waals surface area (Å²) < 4.78 is 0. The average Bonchev–Trinajstić information content (AvgIpc) is 2.67. The number of rotatable bonds is 7. The third-order valence-electron chi connectivity index (χ3n) is 2.32. The van der Waals surface area contributed by atoms with Gasteiger partial charge in [0.05, 0.1) is 0 Å². The van der Waals surface area contributed by atoms with Crippen LogP contribution in [-0.4, -0.2) is 6.04 Å². The van der Waals surface area contributed by atoms with Crippen LogP contribution in [0.4, 0.5) is 0 Å². The fourth-order valence-corrected chi connectivity index (χ4v) is 2.22. The topological polar surface area (TPSA) is 26.0 Å². The fraction of sp³-hybridized carbons (Fsp3) is 0.500. The van der Waals surface area contributed by atoms with Gasteiger partial charge in [-0.2, -0.15) is 0 Å². The Morgan fingerprint density at radius 2 is 2.36 bits per heavy atom. The molecule has 1 heterocycles. The maximum absolute atomic E-state index is 5.95. The van der Waals surface area contributed by atoms with Crippen LogP contribution in [0.25, 0.3) is 0 Å². The molecule has 0 saturated carbocycles. The van der Waals surface area contributed by atoms with Gasteiger partial charge in [-0.3, -0.25) is 0 Å². The maximum atomic E-state index is 5.95. The van der Waals surface area contributed by atoms with Crippen LogP contribution < -0.4 is 5.73 Å². The highest BCUT2D eigenvalue weighted by Crippen LogP contribution is 2.13. The predicted octanol–water partition coefficient (Wildman–Crippen LogP) is 3.36. The molecule has 0 amide bonds. The molecule has 1 unspecified atom stereocenters. The molecule has 0 spiro atoms. The molecule has 2 heteroatoms. The highest BCUT2D eigenvalue weighted by molar-refractivity contribution is 7.09. The molecule has 2 N–H and O–H groups in total. The smallest absolute Gasteiger partial charge is 0.00452 e.